The molecule has 84 valence electrons. The Morgan fingerprint density at radius 2 is 2.21 bits per heavy atom. The first kappa shape index (κ1) is 12.2. The normalized spacial score (nSPS) is 30.1. The molecule has 2 nitrogen and oxygen atoms in total. The molecule has 0 heterocycles. The van der Waals surface area contributed by atoms with E-state index in [1.165, 1.54) is 19.3 Å². The van der Waals surface area contributed by atoms with Crippen molar-refractivity contribution in [1.29, 1.82) is 0 Å². The highest BCUT2D eigenvalue weighted by molar-refractivity contribution is 7.84. The van der Waals surface area contributed by atoms with Crippen LogP contribution in [-0.4, -0.2) is 28.3 Å². The van der Waals surface area contributed by atoms with Crippen molar-refractivity contribution in [1.82, 2.24) is 5.32 Å². The molecule has 0 aromatic heterocycles. The van der Waals surface area contributed by atoms with Crippen LogP contribution < -0.4 is 5.32 Å². The van der Waals surface area contributed by atoms with E-state index in [0.717, 1.165) is 5.75 Å². The van der Waals surface area contributed by atoms with Gasteiger partial charge in [0.15, 0.2) is 0 Å². The fourth-order valence-corrected chi connectivity index (χ4v) is 3.18. The van der Waals surface area contributed by atoms with Crippen LogP contribution in [0.25, 0.3) is 0 Å². The van der Waals surface area contributed by atoms with E-state index in [1.807, 2.05) is 0 Å². The van der Waals surface area contributed by atoms with E-state index in [1.54, 1.807) is 6.26 Å². The molecule has 0 aromatic carbocycles. The molecule has 1 aliphatic rings. The van der Waals surface area contributed by atoms with Crippen molar-refractivity contribution in [3.05, 3.63) is 0 Å². The fourth-order valence-electron chi connectivity index (χ4n) is 2.38. The average molecular weight is 217 g/mol. The third-order valence-electron chi connectivity index (χ3n) is 3.23. The van der Waals surface area contributed by atoms with Gasteiger partial charge in [0.05, 0.1) is 0 Å². The van der Waals surface area contributed by atoms with E-state index in [4.69, 9.17) is 0 Å². The maximum Gasteiger partial charge on any atom is 0.0383 e. The van der Waals surface area contributed by atoms with Crippen LogP contribution in [-0.2, 0) is 10.8 Å². The summed E-state index contributed by atoms with van der Waals surface area (Å²) in [5.74, 6) is 0.770. The molecule has 1 rings (SSSR count). The van der Waals surface area contributed by atoms with Crippen molar-refractivity contribution >= 4 is 10.8 Å². The topological polar surface area (TPSA) is 29.1 Å². The van der Waals surface area contributed by atoms with Gasteiger partial charge < -0.3 is 5.32 Å². The highest BCUT2D eigenvalue weighted by Gasteiger charge is 2.34. The molecule has 1 saturated carbocycles. The summed E-state index contributed by atoms with van der Waals surface area (Å²) in [7, 11) is -0.683. The van der Waals surface area contributed by atoms with Crippen molar-refractivity contribution in [2.24, 2.45) is 5.41 Å². The molecule has 14 heavy (non-hydrogen) atoms. The van der Waals surface area contributed by atoms with Gasteiger partial charge in [-0.3, -0.25) is 4.21 Å². The molecule has 0 spiro atoms. The minimum absolute atomic E-state index is 0.378. The van der Waals surface area contributed by atoms with Gasteiger partial charge in [-0.2, -0.15) is 0 Å². The van der Waals surface area contributed by atoms with E-state index in [9.17, 15) is 4.21 Å². The Morgan fingerprint density at radius 1 is 1.57 bits per heavy atom. The second-order valence-corrected chi connectivity index (χ2v) is 6.72. The molecule has 0 bridgehead atoms. The quantitative estimate of drug-likeness (QED) is 0.779. The second kappa shape index (κ2) is 4.75. The SMILES string of the molecule is CC(CS(C)=O)NC1CCCC1(C)C. The highest BCUT2D eigenvalue weighted by Crippen LogP contribution is 2.37. The molecular weight excluding hydrogens is 194 g/mol. The lowest BCUT2D eigenvalue weighted by Crippen LogP contribution is -2.44. The predicted octanol–water partition coefficient (Wildman–Crippen LogP) is 1.92. The van der Waals surface area contributed by atoms with Crippen molar-refractivity contribution < 1.29 is 4.21 Å². The third-order valence-corrected chi connectivity index (χ3v) is 4.20. The Kier molecular flexibility index (Phi) is 4.14. The second-order valence-electron chi connectivity index (χ2n) is 5.24. The molecule has 0 saturated heterocycles. The van der Waals surface area contributed by atoms with Crippen LogP contribution in [0.3, 0.4) is 0 Å². The average Bonchev–Trinajstić information content (AvgIpc) is 2.29. The van der Waals surface area contributed by atoms with Gasteiger partial charge in [0, 0.05) is 34.9 Å². The minimum atomic E-state index is -0.683. The summed E-state index contributed by atoms with van der Waals surface area (Å²) < 4.78 is 11.1. The van der Waals surface area contributed by atoms with Crippen molar-refractivity contribution in [2.75, 3.05) is 12.0 Å². The zero-order chi connectivity index (χ0) is 10.8. The monoisotopic (exact) mass is 217 g/mol. The minimum Gasteiger partial charge on any atom is -0.310 e. The molecule has 3 unspecified atom stereocenters. The Bertz CT molecular complexity index is 215. The van der Waals surface area contributed by atoms with Crippen LogP contribution in [0.1, 0.15) is 40.0 Å². The maximum absolute atomic E-state index is 11.1. The first-order valence-corrected chi connectivity index (χ1v) is 7.20. The van der Waals surface area contributed by atoms with E-state index in [0.29, 0.717) is 17.5 Å². The van der Waals surface area contributed by atoms with E-state index < -0.39 is 10.8 Å². The van der Waals surface area contributed by atoms with Gasteiger partial charge in [-0.05, 0) is 25.2 Å². The molecule has 1 fully saturated rings. The summed E-state index contributed by atoms with van der Waals surface area (Å²) in [6.07, 6.45) is 5.69. The van der Waals surface area contributed by atoms with Crippen molar-refractivity contribution in [3.8, 4) is 0 Å². The summed E-state index contributed by atoms with van der Waals surface area (Å²) in [5, 5.41) is 3.61. The summed E-state index contributed by atoms with van der Waals surface area (Å²) >= 11 is 0. The summed E-state index contributed by atoms with van der Waals surface area (Å²) in [6, 6.07) is 0.990. The van der Waals surface area contributed by atoms with Crippen LogP contribution in [0, 0.1) is 5.41 Å². The van der Waals surface area contributed by atoms with Crippen LogP contribution in [0.2, 0.25) is 0 Å². The standard InChI is InChI=1S/C11H23NOS/c1-9(8-14(4)13)12-10-6-5-7-11(10,2)3/h9-10,12H,5-8H2,1-4H3. The predicted molar refractivity (Wildman–Crippen MR) is 63.0 cm³/mol. The first-order valence-electron chi connectivity index (χ1n) is 5.48. The largest absolute Gasteiger partial charge is 0.310 e. The number of hydrogen-bond acceptors (Lipinski definition) is 2. The van der Waals surface area contributed by atoms with Gasteiger partial charge >= 0.3 is 0 Å². The molecule has 1 N–H and O–H groups in total. The van der Waals surface area contributed by atoms with Gasteiger partial charge in [-0.1, -0.05) is 20.3 Å². The molecule has 0 amide bonds. The highest BCUT2D eigenvalue weighted by atomic mass is 32.2. The summed E-state index contributed by atoms with van der Waals surface area (Å²) in [6.45, 7) is 6.79. The Morgan fingerprint density at radius 3 is 2.64 bits per heavy atom. The Balaban J connectivity index is 2.40. The van der Waals surface area contributed by atoms with E-state index >= 15 is 0 Å². The Labute approximate surface area is 90.3 Å². The summed E-state index contributed by atoms with van der Waals surface area (Å²) in [5.41, 5.74) is 0.420. The van der Waals surface area contributed by atoms with Gasteiger partial charge in [0.2, 0.25) is 0 Å². The van der Waals surface area contributed by atoms with E-state index in [-0.39, 0.29) is 0 Å². The van der Waals surface area contributed by atoms with Crippen molar-refractivity contribution in [2.45, 2.75) is 52.1 Å². The summed E-state index contributed by atoms with van der Waals surface area (Å²) in [4.78, 5) is 0. The van der Waals surface area contributed by atoms with Crippen LogP contribution in [0.4, 0.5) is 0 Å². The zero-order valence-electron chi connectivity index (χ0n) is 9.80. The molecule has 3 heteroatoms. The number of hydrogen-bond donors (Lipinski definition) is 1. The molecular formula is C11H23NOS. The fraction of sp³-hybridized carbons (Fsp3) is 1.00. The molecule has 1 aliphatic carbocycles. The van der Waals surface area contributed by atoms with Gasteiger partial charge in [0.25, 0.3) is 0 Å². The third kappa shape index (κ3) is 3.35. The molecule has 0 radical (unpaired) electrons. The molecule has 0 aromatic rings. The Hall–Kier alpha value is 0.110. The lowest BCUT2D eigenvalue weighted by molar-refractivity contribution is 0.271. The lowest BCUT2D eigenvalue weighted by Gasteiger charge is -2.30. The molecule has 3 atom stereocenters. The molecule has 0 aliphatic heterocycles. The smallest absolute Gasteiger partial charge is 0.0383 e. The van der Waals surface area contributed by atoms with E-state index in [2.05, 4.69) is 26.1 Å². The number of nitrogens with one attached hydrogen (secondary N) is 1. The van der Waals surface area contributed by atoms with Gasteiger partial charge in [-0.25, -0.2) is 0 Å². The number of rotatable bonds is 4. The van der Waals surface area contributed by atoms with Crippen molar-refractivity contribution in [3.63, 3.8) is 0 Å². The van der Waals surface area contributed by atoms with Crippen LogP contribution in [0.15, 0.2) is 0 Å². The lowest BCUT2D eigenvalue weighted by atomic mass is 9.87. The van der Waals surface area contributed by atoms with Gasteiger partial charge in [0.1, 0.15) is 0 Å². The van der Waals surface area contributed by atoms with Crippen LogP contribution >= 0.6 is 0 Å². The zero-order valence-corrected chi connectivity index (χ0v) is 10.6. The van der Waals surface area contributed by atoms with Crippen LogP contribution in [0.5, 0.6) is 0 Å². The maximum atomic E-state index is 11.1. The van der Waals surface area contributed by atoms with Gasteiger partial charge in [-0.15, -0.1) is 0 Å². The first-order chi connectivity index (χ1) is 6.42.